The van der Waals surface area contributed by atoms with Gasteiger partial charge in [0.1, 0.15) is 5.75 Å². The largest absolute Gasteiger partial charge is 0.433 e. The monoisotopic (exact) mass is 467 g/mol. The van der Waals surface area contributed by atoms with Crippen molar-refractivity contribution in [1.82, 2.24) is 0 Å². The molecule has 0 saturated carbocycles. The third-order valence-corrected chi connectivity index (χ3v) is 3.96. The van der Waals surface area contributed by atoms with Crippen molar-refractivity contribution in [3.8, 4) is 5.75 Å². The minimum atomic E-state index is -2.95. The van der Waals surface area contributed by atoms with Gasteiger partial charge in [0.05, 0.1) is 11.3 Å². The van der Waals surface area contributed by atoms with Crippen LogP contribution in [0.5, 0.6) is 5.75 Å². The van der Waals surface area contributed by atoms with Gasteiger partial charge in [-0.25, -0.2) is 0 Å². The first-order chi connectivity index (χ1) is 9.97. The highest BCUT2D eigenvalue weighted by atomic mass is 127. The lowest BCUT2D eigenvalue weighted by Crippen LogP contribution is -2.15. The van der Waals surface area contributed by atoms with Gasteiger partial charge in [-0.15, -0.1) is 0 Å². The number of anilines is 1. The van der Waals surface area contributed by atoms with Gasteiger partial charge in [0.25, 0.3) is 5.91 Å². The number of rotatable bonds is 4. The summed E-state index contributed by atoms with van der Waals surface area (Å²) in [5.74, 6) is -0.475. The molecule has 0 heterocycles. The molecule has 2 aromatic carbocycles. The molecule has 7 heteroatoms. The van der Waals surface area contributed by atoms with Gasteiger partial charge in [-0.3, -0.25) is 4.79 Å². The van der Waals surface area contributed by atoms with Crippen molar-refractivity contribution in [2.24, 2.45) is 0 Å². The van der Waals surface area contributed by atoms with Crippen LogP contribution in [0.15, 0.2) is 46.9 Å². The average molecular weight is 468 g/mol. The second-order valence-electron chi connectivity index (χ2n) is 3.95. The molecule has 2 rings (SSSR count). The molecule has 0 bridgehead atoms. The number of hydrogen-bond donors (Lipinski definition) is 1. The number of ether oxygens (including phenoxy) is 1. The Morgan fingerprint density at radius 2 is 1.95 bits per heavy atom. The van der Waals surface area contributed by atoms with Gasteiger partial charge in [-0.2, -0.15) is 8.78 Å². The van der Waals surface area contributed by atoms with E-state index in [-0.39, 0.29) is 11.4 Å². The molecule has 3 nitrogen and oxygen atoms in total. The molecule has 0 unspecified atom stereocenters. The van der Waals surface area contributed by atoms with Crippen LogP contribution in [0.2, 0.25) is 0 Å². The lowest BCUT2D eigenvalue weighted by atomic mass is 10.2. The van der Waals surface area contributed by atoms with E-state index in [9.17, 15) is 13.6 Å². The maximum atomic E-state index is 12.3. The highest BCUT2D eigenvalue weighted by Gasteiger charge is 2.14. The fraction of sp³-hybridized carbons (Fsp3) is 0.0714. The molecule has 0 spiro atoms. The van der Waals surface area contributed by atoms with Crippen LogP contribution in [0.25, 0.3) is 0 Å². The molecular formula is C14H9BrF2INO2. The number of amides is 1. The summed E-state index contributed by atoms with van der Waals surface area (Å²) in [6, 6.07) is 11.3. The smallest absolute Gasteiger partial charge is 0.387 e. The summed E-state index contributed by atoms with van der Waals surface area (Å²) >= 11 is 5.32. The van der Waals surface area contributed by atoms with Crippen molar-refractivity contribution >= 4 is 50.1 Å². The molecule has 0 aromatic heterocycles. The van der Waals surface area contributed by atoms with Crippen molar-refractivity contribution in [3.05, 3.63) is 56.1 Å². The van der Waals surface area contributed by atoms with Crippen LogP contribution in [-0.4, -0.2) is 12.5 Å². The molecule has 110 valence electrons. The van der Waals surface area contributed by atoms with Gasteiger partial charge in [-0.05, 0) is 52.9 Å². The van der Waals surface area contributed by atoms with Crippen molar-refractivity contribution in [2.45, 2.75) is 6.61 Å². The molecule has 21 heavy (non-hydrogen) atoms. The topological polar surface area (TPSA) is 38.3 Å². The summed E-state index contributed by atoms with van der Waals surface area (Å²) in [6.07, 6.45) is 0. The Bertz CT molecular complexity index is 667. The summed E-state index contributed by atoms with van der Waals surface area (Å²) < 4.78 is 30.6. The van der Waals surface area contributed by atoms with E-state index in [4.69, 9.17) is 0 Å². The Balaban J connectivity index is 2.25. The van der Waals surface area contributed by atoms with Crippen molar-refractivity contribution < 1.29 is 18.3 Å². The Labute approximate surface area is 142 Å². The molecule has 0 fully saturated rings. The molecule has 1 amide bonds. The molecule has 0 atom stereocenters. The van der Waals surface area contributed by atoms with Gasteiger partial charge in [-0.1, -0.05) is 28.1 Å². The van der Waals surface area contributed by atoms with Gasteiger partial charge in [0.15, 0.2) is 0 Å². The zero-order valence-electron chi connectivity index (χ0n) is 10.4. The Morgan fingerprint density at radius 1 is 1.24 bits per heavy atom. The lowest BCUT2D eigenvalue weighted by molar-refractivity contribution is -0.0493. The van der Waals surface area contributed by atoms with Gasteiger partial charge < -0.3 is 10.1 Å². The number of benzene rings is 2. The van der Waals surface area contributed by atoms with E-state index in [1.54, 1.807) is 24.3 Å². The van der Waals surface area contributed by atoms with Crippen molar-refractivity contribution in [2.75, 3.05) is 5.32 Å². The van der Waals surface area contributed by atoms with Crippen LogP contribution in [0.3, 0.4) is 0 Å². The molecule has 0 aliphatic carbocycles. The average Bonchev–Trinajstić information content (AvgIpc) is 2.43. The zero-order valence-corrected chi connectivity index (χ0v) is 14.2. The quantitative estimate of drug-likeness (QED) is 0.649. The molecular weight excluding hydrogens is 459 g/mol. The number of alkyl halides is 2. The third-order valence-electron chi connectivity index (χ3n) is 2.52. The minimum Gasteiger partial charge on any atom is -0.433 e. The first-order valence-corrected chi connectivity index (χ1v) is 7.65. The van der Waals surface area contributed by atoms with E-state index in [0.717, 1.165) is 8.04 Å². The maximum absolute atomic E-state index is 12.3. The fourth-order valence-corrected chi connectivity index (χ4v) is 2.57. The van der Waals surface area contributed by atoms with Crippen LogP contribution < -0.4 is 10.1 Å². The molecule has 2 aromatic rings. The van der Waals surface area contributed by atoms with E-state index in [2.05, 4.69) is 26.0 Å². The second-order valence-corrected chi connectivity index (χ2v) is 6.03. The first kappa shape index (κ1) is 16.2. The summed E-state index contributed by atoms with van der Waals surface area (Å²) in [7, 11) is 0. The Kier molecular flexibility index (Phi) is 5.51. The van der Waals surface area contributed by atoms with E-state index < -0.39 is 12.5 Å². The van der Waals surface area contributed by atoms with Gasteiger partial charge in [0.2, 0.25) is 0 Å². The molecule has 0 radical (unpaired) electrons. The van der Waals surface area contributed by atoms with E-state index in [1.807, 2.05) is 28.7 Å². The lowest BCUT2D eigenvalue weighted by Gasteiger charge is -2.12. The zero-order chi connectivity index (χ0) is 15.4. The third kappa shape index (κ3) is 4.37. The Hall–Kier alpha value is -1.22. The predicted molar refractivity (Wildman–Crippen MR) is 87.9 cm³/mol. The number of nitrogens with one attached hydrogen (secondary N) is 1. The number of halogens is 4. The summed E-state index contributed by atoms with van der Waals surface area (Å²) in [6.45, 7) is -2.95. The highest BCUT2D eigenvalue weighted by molar-refractivity contribution is 14.1. The number of hydrogen-bond acceptors (Lipinski definition) is 2. The van der Waals surface area contributed by atoms with Crippen LogP contribution in [0.4, 0.5) is 14.5 Å². The highest BCUT2D eigenvalue weighted by Crippen LogP contribution is 2.27. The number of carbonyl (C=O) groups is 1. The Morgan fingerprint density at radius 3 is 2.67 bits per heavy atom. The van der Waals surface area contributed by atoms with Crippen LogP contribution >= 0.6 is 38.5 Å². The first-order valence-electron chi connectivity index (χ1n) is 5.77. The molecule has 0 saturated heterocycles. The SMILES string of the molecule is O=C(Nc1ccccc1OC(F)F)c1cc(Br)ccc1I. The van der Waals surface area contributed by atoms with Gasteiger partial charge >= 0.3 is 6.61 Å². The summed E-state index contributed by atoms with van der Waals surface area (Å²) in [4.78, 5) is 12.2. The van der Waals surface area contributed by atoms with Crippen molar-refractivity contribution in [1.29, 1.82) is 0 Å². The minimum absolute atomic E-state index is 0.0779. The fourth-order valence-electron chi connectivity index (χ4n) is 1.63. The summed E-state index contributed by atoms with van der Waals surface area (Å²) in [5.41, 5.74) is 0.635. The van der Waals surface area contributed by atoms with E-state index in [1.165, 1.54) is 12.1 Å². The summed E-state index contributed by atoms with van der Waals surface area (Å²) in [5, 5.41) is 2.58. The van der Waals surface area contributed by atoms with Crippen LogP contribution in [-0.2, 0) is 0 Å². The van der Waals surface area contributed by atoms with Crippen molar-refractivity contribution in [3.63, 3.8) is 0 Å². The van der Waals surface area contributed by atoms with E-state index in [0.29, 0.717) is 5.56 Å². The van der Waals surface area contributed by atoms with Gasteiger partial charge in [0, 0.05) is 8.04 Å². The molecule has 0 aliphatic heterocycles. The molecule has 0 aliphatic rings. The normalized spacial score (nSPS) is 10.5. The van der Waals surface area contributed by atoms with Crippen LogP contribution in [0.1, 0.15) is 10.4 Å². The second kappa shape index (κ2) is 7.17. The maximum Gasteiger partial charge on any atom is 0.387 e. The predicted octanol–water partition coefficient (Wildman–Crippen LogP) is 4.91. The standard InChI is InChI=1S/C14H9BrF2INO2/c15-8-5-6-10(18)9(7-8)13(20)19-11-3-1-2-4-12(11)21-14(16)17/h1-7,14H,(H,19,20). The number of carbonyl (C=O) groups excluding carboxylic acids is 1. The van der Waals surface area contributed by atoms with Crippen LogP contribution in [0, 0.1) is 3.57 Å². The van der Waals surface area contributed by atoms with E-state index >= 15 is 0 Å². The molecule has 1 N–H and O–H groups in total. The number of para-hydroxylation sites is 2.